The molecule has 0 aliphatic carbocycles. The van der Waals surface area contributed by atoms with Gasteiger partial charge < -0.3 is 15.6 Å². The number of nitriles is 1. The van der Waals surface area contributed by atoms with E-state index in [0.717, 1.165) is 46.3 Å². The molecule has 1 aromatic carbocycles. The molecule has 1 saturated heterocycles. The highest BCUT2D eigenvalue weighted by Crippen LogP contribution is 2.31. The van der Waals surface area contributed by atoms with Gasteiger partial charge in [-0.1, -0.05) is 24.8 Å². The number of nitrogens with one attached hydrogen (secondary N) is 3. The normalized spacial score (nSPS) is 18.5. The first-order valence-corrected chi connectivity index (χ1v) is 9.67. The molecule has 1 aliphatic heterocycles. The van der Waals surface area contributed by atoms with Gasteiger partial charge in [-0.15, -0.1) is 0 Å². The lowest BCUT2D eigenvalue weighted by Gasteiger charge is -2.38. The molecule has 29 heavy (non-hydrogen) atoms. The van der Waals surface area contributed by atoms with Gasteiger partial charge in [-0.2, -0.15) is 5.26 Å². The summed E-state index contributed by atoms with van der Waals surface area (Å²) in [5, 5.41) is 16.8. The molecule has 0 bridgehead atoms. The number of nitrogens with zero attached hydrogens (tertiary/aromatic N) is 3. The SMILES string of the molecule is C=C1CC(Nc2nccc(-c3c[nH]c4c(/C=C/C#N)cccc34)n2)CC(C)(C)N1. The average Bonchev–Trinajstić information content (AvgIpc) is 3.09. The third-order valence-corrected chi connectivity index (χ3v) is 5.11. The molecule has 1 aliphatic rings. The number of piperidine rings is 1. The van der Waals surface area contributed by atoms with Crippen molar-refractivity contribution in [1.29, 1.82) is 5.26 Å². The Morgan fingerprint density at radius 3 is 3.00 bits per heavy atom. The summed E-state index contributed by atoms with van der Waals surface area (Å²) in [7, 11) is 0. The molecule has 0 spiro atoms. The first-order chi connectivity index (χ1) is 13.9. The quantitative estimate of drug-likeness (QED) is 0.571. The summed E-state index contributed by atoms with van der Waals surface area (Å²) in [6.45, 7) is 8.45. The number of para-hydroxylation sites is 1. The number of benzene rings is 1. The molecule has 146 valence electrons. The zero-order valence-corrected chi connectivity index (χ0v) is 16.7. The molecule has 1 atom stereocenters. The first kappa shape index (κ1) is 18.8. The Bertz CT molecular complexity index is 1130. The number of anilines is 1. The lowest BCUT2D eigenvalue weighted by atomic mass is 9.88. The van der Waals surface area contributed by atoms with Gasteiger partial charge in [-0.25, -0.2) is 9.97 Å². The van der Waals surface area contributed by atoms with Crippen LogP contribution in [0.2, 0.25) is 0 Å². The molecule has 6 heteroatoms. The Balaban J connectivity index is 1.64. The fourth-order valence-corrected chi connectivity index (χ4v) is 4.08. The summed E-state index contributed by atoms with van der Waals surface area (Å²) in [5.41, 5.74) is 4.84. The predicted molar refractivity (Wildman–Crippen MR) is 117 cm³/mol. The van der Waals surface area contributed by atoms with E-state index in [9.17, 15) is 0 Å². The monoisotopic (exact) mass is 384 g/mol. The van der Waals surface area contributed by atoms with Crippen molar-refractivity contribution in [1.82, 2.24) is 20.3 Å². The van der Waals surface area contributed by atoms with Crippen molar-refractivity contribution in [3.05, 3.63) is 60.6 Å². The van der Waals surface area contributed by atoms with Crippen LogP contribution in [-0.2, 0) is 0 Å². The molecule has 0 amide bonds. The summed E-state index contributed by atoms with van der Waals surface area (Å²) < 4.78 is 0. The highest BCUT2D eigenvalue weighted by atomic mass is 15.1. The van der Waals surface area contributed by atoms with E-state index in [1.807, 2.05) is 30.5 Å². The van der Waals surface area contributed by atoms with Crippen LogP contribution >= 0.6 is 0 Å². The minimum absolute atomic E-state index is 0.00516. The zero-order chi connectivity index (χ0) is 20.4. The molecule has 3 heterocycles. The Labute approximate surface area is 170 Å². The van der Waals surface area contributed by atoms with Crippen LogP contribution in [0.25, 0.3) is 28.2 Å². The maximum atomic E-state index is 8.82. The van der Waals surface area contributed by atoms with E-state index in [-0.39, 0.29) is 11.6 Å². The molecule has 0 saturated carbocycles. The summed E-state index contributed by atoms with van der Waals surface area (Å²) in [6.07, 6.45) is 8.83. The van der Waals surface area contributed by atoms with Crippen LogP contribution in [0.1, 0.15) is 32.3 Å². The molecular weight excluding hydrogens is 360 g/mol. The summed E-state index contributed by atoms with van der Waals surface area (Å²) in [4.78, 5) is 12.5. The van der Waals surface area contributed by atoms with Gasteiger partial charge in [0.25, 0.3) is 0 Å². The molecule has 3 aromatic rings. The van der Waals surface area contributed by atoms with Gasteiger partial charge in [0, 0.05) is 53.1 Å². The van der Waals surface area contributed by atoms with Crippen LogP contribution < -0.4 is 10.6 Å². The molecular formula is C23H24N6. The number of hydrogen-bond acceptors (Lipinski definition) is 5. The second-order valence-corrected chi connectivity index (χ2v) is 8.06. The lowest BCUT2D eigenvalue weighted by Crippen LogP contribution is -2.48. The lowest BCUT2D eigenvalue weighted by molar-refractivity contribution is 0.324. The summed E-state index contributed by atoms with van der Waals surface area (Å²) in [6, 6.07) is 10.2. The molecule has 2 aromatic heterocycles. The van der Waals surface area contributed by atoms with Gasteiger partial charge in [0.2, 0.25) is 5.95 Å². The van der Waals surface area contributed by atoms with E-state index in [1.165, 1.54) is 6.08 Å². The average molecular weight is 384 g/mol. The Hall–Kier alpha value is -3.59. The van der Waals surface area contributed by atoms with Crippen LogP contribution in [0.4, 0.5) is 5.95 Å². The van der Waals surface area contributed by atoms with Crippen molar-refractivity contribution >= 4 is 22.9 Å². The first-order valence-electron chi connectivity index (χ1n) is 9.67. The van der Waals surface area contributed by atoms with Crippen LogP contribution in [0.3, 0.4) is 0 Å². The number of hydrogen-bond donors (Lipinski definition) is 3. The van der Waals surface area contributed by atoms with E-state index in [2.05, 4.69) is 47.1 Å². The van der Waals surface area contributed by atoms with Crippen LogP contribution in [0, 0.1) is 11.3 Å². The number of H-pyrrole nitrogens is 1. The molecule has 3 N–H and O–H groups in total. The minimum Gasteiger partial charge on any atom is -0.384 e. The topological polar surface area (TPSA) is 89.4 Å². The van der Waals surface area contributed by atoms with Crippen LogP contribution in [-0.4, -0.2) is 26.5 Å². The second kappa shape index (κ2) is 7.44. The number of aromatic nitrogens is 3. The Morgan fingerprint density at radius 2 is 2.21 bits per heavy atom. The van der Waals surface area contributed by atoms with Gasteiger partial charge in [-0.05, 0) is 38.0 Å². The molecule has 4 rings (SSSR count). The van der Waals surface area contributed by atoms with E-state index in [1.54, 1.807) is 12.3 Å². The standard InChI is InChI=1S/C23H24N6/c1-15-12-17(13-23(2,3)29-15)27-22-25-11-9-20(28-22)19-14-26-21-16(7-5-10-24)6-4-8-18(19)21/h4-9,11,14,17,26,29H,1,12-13H2,2-3H3,(H,25,27,28)/b7-5+. The predicted octanol–water partition coefficient (Wildman–Crippen LogP) is 4.62. The fraction of sp³-hybridized carbons (Fsp3) is 0.261. The third kappa shape index (κ3) is 3.99. The number of allylic oxidation sites excluding steroid dienone is 1. The van der Waals surface area contributed by atoms with Crippen molar-refractivity contribution < 1.29 is 0 Å². The molecule has 0 radical (unpaired) electrons. The van der Waals surface area contributed by atoms with Gasteiger partial charge in [0.15, 0.2) is 0 Å². The minimum atomic E-state index is -0.00516. The highest BCUT2D eigenvalue weighted by molar-refractivity contribution is 5.98. The number of fused-ring (bicyclic) bond motifs is 1. The van der Waals surface area contributed by atoms with Crippen molar-refractivity contribution in [3.8, 4) is 17.3 Å². The fourth-order valence-electron chi connectivity index (χ4n) is 4.08. The second-order valence-electron chi connectivity index (χ2n) is 8.06. The Kier molecular flexibility index (Phi) is 4.81. The number of aromatic amines is 1. The summed E-state index contributed by atoms with van der Waals surface area (Å²) >= 11 is 0. The molecule has 6 nitrogen and oxygen atoms in total. The van der Waals surface area contributed by atoms with E-state index in [4.69, 9.17) is 10.2 Å². The van der Waals surface area contributed by atoms with Crippen molar-refractivity contribution in [2.24, 2.45) is 0 Å². The number of rotatable bonds is 4. The Morgan fingerprint density at radius 1 is 1.34 bits per heavy atom. The van der Waals surface area contributed by atoms with E-state index >= 15 is 0 Å². The van der Waals surface area contributed by atoms with Gasteiger partial charge in [-0.3, -0.25) is 0 Å². The van der Waals surface area contributed by atoms with Gasteiger partial charge in [0.05, 0.1) is 17.3 Å². The van der Waals surface area contributed by atoms with Crippen LogP contribution in [0.5, 0.6) is 0 Å². The van der Waals surface area contributed by atoms with E-state index < -0.39 is 0 Å². The summed E-state index contributed by atoms with van der Waals surface area (Å²) in [5.74, 6) is 0.618. The maximum absolute atomic E-state index is 8.82. The van der Waals surface area contributed by atoms with Crippen molar-refractivity contribution in [2.75, 3.05) is 5.32 Å². The van der Waals surface area contributed by atoms with Gasteiger partial charge in [0.1, 0.15) is 0 Å². The van der Waals surface area contributed by atoms with Crippen molar-refractivity contribution in [2.45, 2.75) is 38.3 Å². The zero-order valence-electron chi connectivity index (χ0n) is 16.7. The van der Waals surface area contributed by atoms with E-state index in [0.29, 0.717) is 5.95 Å². The molecule has 1 unspecified atom stereocenters. The third-order valence-electron chi connectivity index (χ3n) is 5.11. The van der Waals surface area contributed by atoms with Gasteiger partial charge >= 0.3 is 0 Å². The maximum Gasteiger partial charge on any atom is 0.223 e. The van der Waals surface area contributed by atoms with Crippen molar-refractivity contribution in [3.63, 3.8) is 0 Å². The molecule has 1 fully saturated rings. The highest BCUT2D eigenvalue weighted by Gasteiger charge is 2.29. The largest absolute Gasteiger partial charge is 0.384 e. The smallest absolute Gasteiger partial charge is 0.223 e. The van der Waals surface area contributed by atoms with Crippen LogP contribution in [0.15, 0.2) is 55.0 Å².